The quantitative estimate of drug-likeness (QED) is 0.625. The van der Waals surface area contributed by atoms with Crippen LogP contribution in [0.1, 0.15) is 37.8 Å². The molecule has 0 radical (unpaired) electrons. The summed E-state index contributed by atoms with van der Waals surface area (Å²) in [5.41, 5.74) is 2.34. The zero-order valence-electron chi connectivity index (χ0n) is 14.3. The lowest BCUT2D eigenvalue weighted by molar-refractivity contribution is 0.254. The molecule has 0 saturated heterocycles. The number of benzene rings is 1. The molecule has 23 heavy (non-hydrogen) atoms. The van der Waals surface area contributed by atoms with Gasteiger partial charge in [-0.05, 0) is 44.7 Å². The van der Waals surface area contributed by atoms with Crippen LogP contribution < -0.4 is 20.1 Å². The Labute approximate surface area is 138 Å². The number of nitrogens with one attached hydrogen (secondary N) is 2. The summed E-state index contributed by atoms with van der Waals surface area (Å²) in [4.78, 5) is 4.29. The number of hydrogen-bond donors (Lipinski definition) is 2. The van der Waals surface area contributed by atoms with Gasteiger partial charge in [-0.15, -0.1) is 0 Å². The lowest BCUT2D eigenvalue weighted by Gasteiger charge is -2.15. The Morgan fingerprint density at radius 3 is 2.87 bits per heavy atom. The van der Waals surface area contributed by atoms with Gasteiger partial charge < -0.3 is 20.1 Å². The average molecular weight is 317 g/mol. The molecule has 1 aromatic carbocycles. The van der Waals surface area contributed by atoms with E-state index in [0.717, 1.165) is 41.9 Å². The minimum absolute atomic E-state index is 0.246. The van der Waals surface area contributed by atoms with E-state index >= 15 is 0 Å². The molecule has 1 atom stereocenters. The Balaban J connectivity index is 1.66. The topological polar surface area (TPSA) is 54.9 Å². The van der Waals surface area contributed by atoms with E-state index in [1.807, 2.05) is 6.92 Å². The maximum Gasteiger partial charge on any atom is 0.191 e. The van der Waals surface area contributed by atoms with Gasteiger partial charge in [-0.2, -0.15) is 0 Å². The molecule has 126 valence electrons. The van der Waals surface area contributed by atoms with Gasteiger partial charge in [-0.1, -0.05) is 0 Å². The van der Waals surface area contributed by atoms with Crippen LogP contribution >= 0.6 is 0 Å². The lowest BCUT2D eigenvalue weighted by atomic mass is 10.1. The Morgan fingerprint density at radius 2 is 2.17 bits per heavy atom. The molecule has 1 unspecified atom stereocenters. The molecule has 3 rings (SSSR count). The summed E-state index contributed by atoms with van der Waals surface area (Å²) >= 11 is 0. The van der Waals surface area contributed by atoms with Crippen LogP contribution in [-0.2, 0) is 13.0 Å². The van der Waals surface area contributed by atoms with Crippen molar-refractivity contribution >= 4 is 5.96 Å². The summed E-state index contributed by atoms with van der Waals surface area (Å²) in [5, 5.41) is 6.75. The predicted octanol–water partition coefficient (Wildman–Crippen LogP) is 2.48. The molecular formula is C18H27N3O2. The number of rotatable bonds is 6. The highest BCUT2D eigenvalue weighted by molar-refractivity contribution is 5.79. The highest BCUT2D eigenvalue weighted by Gasteiger charge is 2.23. The van der Waals surface area contributed by atoms with Gasteiger partial charge in [0.05, 0.1) is 6.61 Å². The average Bonchev–Trinajstić information content (AvgIpc) is 3.28. The molecule has 1 heterocycles. The molecule has 5 heteroatoms. The van der Waals surface area contributed by atoms with Gasteiger partial charge in [0, 0.05) is 37.7 Å². The van der Waals surface area contributed by atoms with Crippen LogP contribution in [0.25, 0.3) is 0 Å². The van der Waals surface area contributed by atoms with E-state index in [4.69, 9.17) is 9.47 Å². The van der Waals surface area contributed by atoms with Crippen LogP contribution in [0.15, 0.2) is 17.1 Å². The van der Waals surface area contributed by atoms with Crippen molar-refractivity contribution in [2.75, 3.05) is 20.2 Å². The van der Waals surface area contributed by atoms with Crippen LogP contribution in [0.2, 0.25) is 0 Å². The van der Waals surface area contributed by atoms with Crippen molar-refractivity contribution in [2.24, 2.45) is 10.9 Å². The monoisotopic (exact) mass is 317 g/mol. The summed E-state index contributed by atoms with van der Waals surface area (Å²) in [6.07, 6.45) is 3.86. The molecule has 1 saturated carbocycles. The van der Waals surface area contributed by atoms with Crippen LogP contribution in [-0.4, -0.2) is 32.3 Å². The summed E-state index contributed by atoms with van der Waals surface area (Å²) in [6.45, 7) is 6.45. The second-order valence-electron chi connectivity index (χ2n) is 6.38. The smallest absolute Gasteiger partial charge is 0.191 e. The van der Waals surface area contributed by atoms with E-state index in [0.29, 0.717) is 13.2 Å². The number of nitrogens with zero attached hydrogens (tertiary/aromatic N) is 1. The Bertz CT molecular complexity index is 582. The number of guanidine groups is 1. The fraction of sp³-hybridized carbons (Fsp3) is 0.611. The minimum atomic E-state index is 0.246. The van der Waals surface area contributed by atoms with Crippen molar-refractivity contribution in [3.05, 3.63) is 23.3 Å². The molecule has 0 bridgehead atoms. The van der Waals surface area contributed by atoms with Crippen molar-refractivity contribution in [1.29, 1.82) is 0 Å². The van der Waals surface area contributed by atoms with Crippen molar-refractivity contribution in [3.63, 3.8) is 0 Å². The molecule has 1 aromatic rings. The second kappa shape index (κ2) is 7.11. The number of ether oxygens (including phenoxy) is 2. The number of fused-ring (bicyclic) bond motifs is 1. The summed E-state index contributed by atoms with van der Waals surface area (Å²) in [5.74, 6) is 3.59. The molecule has 2 N–H and O–H groups in total. The summed E-state index contributed by atoms with van der Waals surface area (Å²) in [7, 11) is 1.80. The third-order valence-corrected chi connectivity index (χ3v) is 4.30. The zero-order valence-corrected chi connectivity index (χ0v) is 14.3. The van der Waals surface area contributed by atoms with Crippen LogP contribution in [0, 0.1) is 5.92 Å². The van der Waals surface area contributed by atoms with E-state index < -0.39 is 0 Å². The minimum Gasteiger partial charge on any atom is -0.494 e. The first-order chi connectivity index (χ1) is 11.2. The van der Waals surface area contributed by atoms with Gasteiger partial charge in [0.2, 0.25) is 0 Å². The van der Waals surface area contributed by atoms with Crippen molar-refractivity contribution in [2.45, 2.75) is 45.8 Å². The fourth-order valence-corrected chi connectivity index (χ4v) is 2.87. The highest BCUT2D eigenvalue weighted by Crippen LogP contribution is 2.35. The summed E-state index contributed by atoms with van der Waals surface area (Å²) < 4.78 is 11.7. The van der Waals surface area contributed by atoms with E-state index in [-0.39, 0.29) is 6.10 Å². The zero-order chi connectivity index (χ0) is 16.2. The van der Waals surface area contributed by atoms with Crippen molar-refractivity contribution in [1.82, 2.24) is 10.6 Å². The van der Waals surface area contributed by atoms with Gasteiger partial charge in [-0.3, -0.25) is 4.99 Å². The van der Waals surface area contributed by atoms with Crippen molar-refractivity contribution in [3.8, 4) is 11.5 Å². The third kappa shape index (κ3) is 4.09. The third-order valence-electron chi connectivity index (χ3n) is 4.30. The Hall–Kier alpha value is -1.91. The van der Waals surface area contributed by atoms with E-state index in [2.05, 4.69) is 34.7 Å². The molecule has 1 fully saturated rings. The molecule has 1 aliphatic heterocycles. The van der Waals surface area contributed by atoms with E-state index in [1.165, 1.54) is 18.4 Å². The SMILES string of the molecule is CCOc1cc2c(cc1CNC(=NC)NCC1CC1)OC(C)C2. The molecule has 5 nitrogen and oxygen atoms in total. The molecule has 0 spiro atoms. The first kappa shape index (κ1) is 16.0. The van der Waals surface area contributed by atoms with E-state index in [9.17, 15) is 0 Å². The first-order valence-electron chi connectivity index (χ1n) is 8.59. The second-order valence-corrected chi connectivity index (χ2v) is 6.38. The highest BCUT2D eigenvalue weighted by atomic mass is 16.5. The molecule has 2 aliphatic rings. The first-order valence-corrected chi connectivity index (χ1v) is 8.59. The van der Waals surface area contributed by atoms with Crippen LogP contribution in [0.4, 0.5) is 0 Å². The number of hydrogen-bond acceptors (Lipinski definition) is 3. The standard InChI is InChI=1S/C18H27N3O2/c1-4-22-16-8-14-7-12(2)23-17(14)9-15(16)11-21-18(19-3)20-10-13-5-6-13/h8-9,12-13H,4-7,10-11H2,1-3H3,(H2,19,20,21). The predicted molar refractivity (Wildman–Crippen MR) is 92.3 cm³/mol. The maximum absolute atomic E-state index is 5.87. The van der Waals surface area contributed by atoms with Gasteiger partial charge in [0.1, 0.15) is 17.6 Å². The van der Waals surface area contributed by atoms with Gasteiger partial charge in [0.15, 0.2) is 5.96 Å². The Morgan fingerprint density at radius 1 is 1.35 bits per heavy atom. The fourth-order valence-electron chi connectivity index (χ4n) is 2.87. The van der Waals surface area contributed by atoms with Crippen LogP contribution in [0.5, 0.6) is 11.5 Å². The van der Waals surface area contributed by atoms with E-state index in [1.54, 1.807) is 7.05 Å². The lowest BCUT2D eigenvalue weighted by Crippen LogP contribution is -2.37. The van der Waals surface area contributed by atoms with Crippen LogP contribution in [0.3, 0.4) is 0 Å². The largest absolute Gasteiger partial charge is 0.494 e. The van der Waals surface area contributed by atoms with Gasteiger partial charge >= 0.3 is 0 Å². The van der Waals surface area contributed by atoms with Gasteiger partial charge in [-0.25, -0.2) is 0 Å². The maximum atomic E-state index is 5.87. The van der Waals surface area contributed by atoms with Crippen molar-refractivity contribution < 1.29 is 9.47 Å². The molecular weight excluding hydrogens is 290 g/mol. The summed E-state index contributed by atoms with van der Waals surface area (Å²) in [6, 6.07) is 4.23. The molecule has 0 aromatic heterocycles. The molecule has 1 aliphatic carbocycles. The number of aliphatic imine (C=N–C) groups is 1. The molecule has 0 amide bonds. The normalized spacial score (nSPS) is 20.0. The van der Waals surface area contributed by atoms with Gasteiger partial charge in [0.25, 0.3) is 0 Å². The Kier molecular flexibility index (Phi) is 4.94.